The SMILES string of the molecule is N[C@H](Cc1ccccc1)C(=O)Nc1c(Cl)cc(Br)cc1Cl. The van der Waals surface area contributed by atoms with Crippen LogP contribution in [-0.4, -0.2) is 11.9 Å². The molecule has 1 atom stereocenters. The third-order valence-electron chi connectivity index (χ3n) is 2.89. The summed E-state index contributed by atoms with van der Waals surface area (Å²) in [7, 11) is 0. The molecule has 0 spiro atoms. The Labute approximate surface area is 141 Å². The molecule has 0 aliphatic carbocycles. The minimum absolute atomic E-state index is 0.329. The quantitative estimate of drug-likeness (QED) is 0.823. The van der Waals surface area contributed by atoms with Gasteiger partial charge in [0.05, 0.1) is 21.8 Å². The van der Waals surface area contributed by atoms with Gasteiger partial charge in [0, 0.05) is 4.47 Å². The summed E-state index contributed by atoms with van der Waals surface area (Å²) in [5, 5.41) is 3.39. The first kappa shape index (κ1) is 16.3. The third-order valence-corrected chi connectivity index (χ3v) is 3.94. The first-order valence-electron chi connectivity index (χ1n) is 6.22. The van der Waals surface area contributed by atoms with Crippen molar-refractivity contribution in [3.63, 3.8) is 0 Å². The van der Waals surface area contributed by atoms with Gasteiger partial charge in [-0.05, 0) is 24.1 Å². The van der Waals surface area contributed by atoms with Gasteiger partial charge in [-0.15, -0.1) is 0 Å². The molecule has 0 aromatic heterocycles. The van der Waals surface area contributed by atoms with Crippen molar-refractivity contribution in [3.8, 4) is 0 Å². The average Bonchev–Trinajstić information content (AvgIpc) is 2.43. The summed E-state index contributed by atoms with van der Waals surface area (Å²) in [5.41, 5.74) is 7.28. The third kappa shape index (κ3) is 4.45. The van der Waals surface area contributed by atoms with Crippen LogP contribution < -0.4 is 11.1 Å². The Morgan fingerprint density at radius 2 is 1.76 bits per heavy atom. The molecule has 0 unspecified atom stereocenters. The van der Waals surface area contributed by atoms with Gasteiger partial charge in [0.2, 0.25) is 5.91 Å². The normalized spacial score (nSPS) is 12.0. The van der Waals surface area contributed by atoms with Crippen LogP contribution in [0, 0.1) is 0 Å². The second-order valence-corrected chi connectivity index (χ2v) is 6.26. The summed E-state index contributed by atoms with van der Waals surface area (Å²) < 4.78 is 0.740. The molecule has 3 nitrogen and oxygen atoms in total. The van der Waals surface area contributed by atoms with Crippen molar-refractivity contribution in [2.75, 3.05) is 5.32 Å². The Morgan fingerprint density at radius 3 is 2.33 bits per heavy atom. The molecule has 0 saturated carbocycles. The van der Waals surface area contributed by atoms with Gasteiger partial charge in [-0.3, -0.25) is 4.79 Å². The number of hydrogen-bond acceptors (Lipinski definition) is 2. The molecule has 2 aromatic rings. The minimum Gasteiger partial charge on any atom is -0.322 e. The first-order chi connectivity index (χ1) is 9.97. The lowest BCUT2D eigenvalue weighted by atomic mass is 10.1. The highest BCUT2D eigenvalue weighted by Crippen LogP contribution is 2.33. The van der Waals surface area contributed by atoms with E-state index in [2.05, 4.69) is 21.2 Å². The van der Waals surface area contributed by atoms with Gasteiger partial charge < -0.3 is 11.1 Å². The van der Waals surface area contributed by atoms with E-state index in [9.17, 15) is 4.79 Å². The Morgan fingerprint density at radius 1 is 1.19 bits per heavy atom. The number of anilines is 1. The molecule has 0 heterocycles. The van der Waals surface area contributed by atoms with Crippen LogP contribution in [0.2, 0.25) is 10.0 Å². The molecule has 0 fully saturated rings. The van der Waals surface area contributed by atoms with Crippen LogP contribution in [0.1, 0.15) is 5.56 Å². The molecule has 0 aliphatic rings. The lowest BCUT2D eigenvalue weighted by Gasteiger charge is -2.14. The van der Waals surface area contributed by atoms with Gasteiger partial charge in [-0.1, -0.05) is 69.5 Å². The second kappa shape index (κ2) is 7.27. The van der Waals surface area contributed by atoms with E-state index < -0.39 is 6.04 Å². The average molecular weight is 388 g/mol. The Hall–Kier alpha value is -1.07. The lowest BCUT2D eigenvalue weighted by Crippen LogP contribution is -2.37. The first-order valence-corrected chi connectivity index (χ1v) is 7.77. The zero-order valence-corrected chi connectivity index (χ0v) is 14.0. The van der Waals surface area contributed by atoms with Gasteiger partial charge >= 0.3 is 0 Å². The molecule has 2 aromatic carbocycles. The molecule has 0 radical (unpaired) electrons. The maximum Gasteiger partial charge on any atom is 0.241 e. The summed E-state index contributed by atoms with van der Waals surface area (Å²) in [6.07, 6.45) is 0.443. The van der Waals surface area contributed by atoms with Crippen molar-refractivity contribution >= 4 is 50.7 Å². The highest BCUT2D eigenvalue weighted by Gasteiger charge is 2.17. The van der Waals surface area contributed by atoms with Crippen molar-refractivity contribution in [1.82, 2.24) is 0 Å². The summed E-state index contributed by atoms with van der Waals surface area (Å²) in [5.74, 6) is -0.329. The second-order valence-electron chi connectivity index (χ2n) is 4.53. The summed E-state index contributed by atoms with van der Waals surface area (Å²) >= 11 is 15.4. The number of nitrogens with one attached hydrogen (secondary N) is 1. The number of amides is 1. The Balaban J connectivity index is 2.08. The van der Waals surface area contributed by atoms with Gasteiger partial charge in [0.1, 0.15) is 0 Å². The largest absolute Gasteiger partial charge is 0.322 e. The summed E-state index contributed by atoms with van der Waals surface area (Å²) in [6, 6.07) is 12.2. The van der Waals surface area contributed by atoms with E-state index in [1.807, 2.05) is 30.3 Å². The van der Waals surface area contributed by atoms with Crippen LogP contribution >= 0.6 is 39.1 Å². The Bertz CT molecular complexity index is 626. The lowest BCUT2D eigenvalue weighted by molar-refractivity contribution is -0.117. The fourth-order valence-electron chi connectivity index (χ4n) is 1.84. The molecule has 1 amide bonds. The van der Waals surface area contributed by atoms with E-state index in [0.29, 0.717) is 22.2 Å². The van der Waals surface area contributed by atoms with E-state index in [1.54, 1.807) is 12.1 Å². The van der Waals surface area contributed by atoms with Crippen LogP contribution in [0.3, 0.4) is 0 Å². The van der Waals surface area contributed by atoms with Crippen LogP contribution in [-0.2, 0) is 11.2 Å². The molecule has 2 rings (SSSR count). The van der Waals surface area contributed by atoms with Crippen molar-refractivity contribution < 1.29 is 4.79 Å². The van der Waals surface area contributed by atoms with E-state index in [0.717, 1.165) is 10.0 Å². The van der Waals surface area contributed by atoms with Crippen molar-refractivity contribution in [3.05, 3.63) is 62.5 Å². The van der Waals surface area contributed by atoms with Gasteiger partial charge in [-0.25, -0.2) is 0 Å². The number of carbonyl (C=O) groups excluding carboxylic acids is 1. The molecule has 0 bridgehead atoms. The zero-order chi connectivity index (χ0) is 15.4. The molecule has 6 heteroatoms. The van der Waals surface area contributed by atoms with E-state index in [-0.39, 0.29) is 5.91 Å². The molecular formula is C15H13BrCl2N2O. The molecule has 0 saturated heterocycles. The van der Waals surface area contributed by atoms with Gasteiger partial charge in [-0.2, -0.15) is 0 Å². The number of rotatable bonds is 4. The topological polar surface area (TPSA) is 55.1 Å². The van der Waals surface area contributed by atoms with Crippen LogP contribution in [0.25, 0.3) is 0 Å². The predicted molar refractivity (Wildman–Crippen MR) is 90.9 cm³/mol. The van der Waals surface area contributed by atoms with Crippen molar-refractivity contribution in [2.24, 2.45) is 5.73 Å². The zero-order valence-electron chi connectivity index (χ0n) is 10.9. The smallest absolute Gasteiger partial charge is 0.241 e. The fraction of sp³-hybridized carbons (Fsp3) is 0.133. The highest BCUT2D eigenvalue weighted by atomic mass is 79.9. The highest BCUT2D eigenvalue weighted by molar-refractivity contribution is 9.10. The van der Waals surface area contributed by atoms with E-state index >= 15 is 0 Å². The van der Waals surface area contributed by atoms with Gasteiger partial charge in [0.15, 0.2) is 0 Å². The van der Waals surface area contributed by atoms with Crippen molar-refractivity contribution in [1.29, 1.82) is 0 Å². The number of halogens is 3. The van der Waals surface area contributed by atoms with E-state index in [1.165, 1.54) is 0 Å². The number of benzene rings is 2. The minimum atomic E-state index is -0.678. The number of nitrogens with two attached hydrogens (primary N) is 1. The molecular weight excluding hydrogens is 375 g/mol. The summed E-state index contributed by atoms with van der Waals surface area (Å²) in [6.45, 7) is 0. The summed E-state index contributed by atoms with van der Waals surface area (Å²) in [4.78, 5) is 12.1. The molecule has 110 valence electrons. The number of hydrogen-bond donors (Lipinski definition) is 2. The molecule has 3 N–H and O–H groups in total. The fourth-order valence-corrected chi connectivity index (χ4v) is 3.14. The monoisotopic (exact) mass is 386 g/mol. The van der Waals surface area contributed by atoms with Crippen LogP contribution in [0.15, 0.2) is 46.9 Å². The maximum atomic E-state index is 12.1. The predicted octanol–water partition coefficient (Wildman–Crippen LogP) is 4.26. The standard InChI is InChI=1S/C15H13BrCl2N2O/c16-10-7-11(17)14(12(18)8-10)20-15(21)13(19)6-9-4-2-1-3-5-9/h1-5,7-8,13H,6,19H2,(H,20,21)/t13-/m1/s1. The maximum absolute atomic E-state index is 12.1. The number of carbonyl (C=O) groups is 1. The van der Waals surface area contributed by atoms with Crippen molar-refractivity contribution in [2.45, 2.75) is 12.5 Å². The van der Waals surface area contributed by atoms with Crippen LogP contribution in [0.4, 0.5) is 5.69 Å². The van der Waals surface area contributed by atoms with Crippen LogP contribution in [0.5, 0.6) is 0 Å². The van der Waals surface area contributed by atoms with Gasteiger partial charge in [0.25, 0.3) is 0 Å². The Kier molecular flexibility index (Phi) is 5.65. The molecule has 0 aliphatic heterocycles. The molecule has 21 heavy (non-hydrogen) atoms. The van der Waals surface area contributed by atoms with E-state index in [4.69, 9.17) is 28.9 Å².